The van der Waals surface area contributed by atoms with Crippen molar-refractivity contribution in [3.05, 3.63) is 53.1 Å². The average molecular weight is 388 g/mol. The van der Waals surface area contributed by atoms with Gasteiger partial charge in [-0.3, -0.25) is 4.79 Å². The minimum atomic E-state index is -0.196. The summed E-state index contributed by atoms with van der Waals surface area (Å²) in [6.45, 7) is 9.59. The zero-order valence-corrected chi connectivity index (χ0v) is 16.6. The summed E-state index contributed by atoms with van der Waals surface area (Å²) in [6, 6.07) is 13.1. The number of likely N-dealkylation sites (N-methyl/N-ethyl adjacent to an activating group) is 1. The standard InChI is InChI=1S/C21H26ClN3O2/c1-3-24-9-11-25(12-10-24)20-8-7-18(13-16(20)2)23-21(26)15-27-19-6-4-5-17(22)14-19/h4-8,13-14H,3,9-12,15H2,1-2H3,(H,23,26). The van der Waals surface area contributed by atoms with Crippen LogP contribution in [-0.2, 0) is 4.79 Å². The fraction of sp³-hybridized carbons (Fsp3) is 0.381. The van der Waals surface area contributed by atoms with Crippen molar-refractivity contribution in [2.45, 2.75) is 13.8 Å². The topological polar surface area (TPSA) is 44.8 Å². The van der Waals surface area contributed by atoms with Gasteiger partial charge < -0.3 is 19.9 Å². The maximum atomic E-state index is 12.2. The van der Waals surface area contributed by atoms with Crippen LogP contribution < -0.4 is 15.0 Å². The molecule has 6 heteroatoms. The van der Waals surface area contributed by atoms with E-state index < -0.39 is 0 Å². The molecule has 0 bridgehead atoms. The molecule has 1 N–H and O–H groups in total. The minimum Gasteiger partial charge on any atom is -0.484 e. The summed E-state index contributed by atoms with van der Waals surface area (Å²) in [6.07, 6.45) is 0. The van der Waals surface area contributed by atoms with Crippen molar-refractivity contribution in [2.24, 2.45) is 0 Å². The first-order valence-electron chi connectivity index (χ1n) is 9.31. The van der Waals surface area contributed by atoms with Crippen LogP contribution in [0.25, 0.3) is 0 Å². The molecule has 5 nitrogen and oxygen atoms in total. The fourth-order valence-electron chi connectivity index (χ4n) is 3.30. The molecule has 0 radical (unpaired) electrons. The second kappa shape index (κ2) is 9.11. The molecule has 2 aromatic rings. The van der Waals surface area contributed by atoms with Crippen molar-refractivity contribution in [3.63, 3.8) is 0 Å². The number of piperazine rings is 1. The summed E-state index contributed by atoms with van der Waals surface area (Å²) in [5, 5.41) is 3.47. The van der Waals surface area contributed by atoms with E-state index in [-0.39, 0.29) is 12.5 Å². The van der Waals surface area contributed by atoms with E-state index in [1.807, 2.05) is 12.1 Å². The number of anilines is 2. The van der Waals surface area contributed by atoms with Gasteiger partial charge in [0.25, 0.3) is 5.91 Å². The van der Waals surface area contributed by atoms with Crippen LogP contribution in [0.4, 0.5) is 11.4 Å². The summed E-state index contributed by atoms with van der Waals surface area (Å²) in [4.78, 5) is 17.0. The number of benzene rings is 2. The lowest BCUT2D eigenvalue weighted by molar-refractivity contribution is -0.118. The highest BCUT2D eigenvalue weighted by molar-refractivity contribution is 6.30. The van der Waals surface area contributed by atoms with E-state index in [1.165, 1.54) is 5.69 Å². The lowest BCUT2D eigenvalue weighted by atomic mass is 10.1. The summed E-state index contributed by atoms with van der Waals surface area (Å²) in [5.74, 6) is 0.383. The molecular formula is C21H26ClN3O2. The summed E-state index contributed by atoms with van der Waals surface area (Å²) < 4.78 is 5.48. The van der Waals surface area contributed by atoms with Gasteiger partial charge in [0.2, 0.25) is 0 Å². The molecule has 0 saturated carbocycles. The van der Waals surface area contributed by atoms with E-state index in [2.05, 4.69) is 35.0 Å². The Kier molecular flexibility index (Phi) is 6.58. The SMILES string of the molecule is CCN1CCN(c2ccc(NC(=O)COc3cccc(Cl)c3)cc2C)CC1. The van der Waals surface area contributed by atoms with Crippen LogP contribution in [-0.4, -0.2) is 50.1 Å². The van der Waals surface area contributed by atoms with Gasteiger partial charge in [-0.05, 0) is 55.4 Å². The first kappa shape index (κ1) is 19.5. The van der Waals surface area contributed by atoms with Gasteiger partial charge in [-0.1, -0.05) is 24.6 Å². The molecular weight excluding hydrogens is 362 g/mol. The Hall–Kier alpha value is -2.24. The third-order valence-electron chi connectivity index (χ3n) is 4.81. The number of carbonyl (C=O) groups excluding carboxylic acids is 1. The molecule has 1 heterocycles. The zero-order valence-electron chi connectivity index (χ0n) is 15.9. The van der Waals surface area contributed by atoms with Crippen LogP contribution in [0.5, 0.6) is 5.75 Å². The van der Waals surface area contributed by atoms with E-state index >= 15 is 0 Å². The number of hydrogen-bond donors (Lipinski definition) is 1. The van der Waals surface area contributed by atoms with Crippen LogP contribution >= 0.6 is 11.6 Å². The number of rotatable bonds is 6. The Morgan fingerprint density at radius 3 is 2.59 bits per heavy atom. The van der Waals surface area contributed by atoms with Gasteiger partial charge in [0.05, 0.1) is 0 Å². The number of amides is 1. The van der Waals surface area contributed by atoms with Crippen molar-refractivity contribution in [1.82, 2.24) is 4.90 Å². The van der Waals surface area contributed by atoms with Crippen LogP contribution in [0.2, 0.25) is 5.02 Å². The molecule has 0 unspecified atom stereocenters. The number of hydrogen-bond acceptors (Lipinski definition) is 4. The summed E-state index contributed by atoms with van der Waals surface area (Å²) >= 11 is 5.92. The molecule has 0 atom stereocenters. The van der Waals surface area contributed by atoms with Crippen molar-refractivity contribution in [2.75, 3.05) is 49.5 Å². The van der Waals surface area contributed by atoms with E-state index in [0.717, 1.165) is 44.0 Å². The van der Waals surface area contributed by atoms with Crippen molar-refractivity contribution < 1.29 is 9.53 Å². The maximum absolute atomic E-state index is 12.2. The van der Waals surface area contributed by atoms with E-state index in [9.17, 15) is 4.79 Å². The van der Waals surface area contributed by atoms with Gasteiger partial charge in [0, 0.05) is 42.6 Å². The fourth-order valence-corrected chi connectivity index (χ4v) is 3.48. The lowest BCUT2D eigenvalue weighted by Crippen LogP contribution is -2.46. The monoisotopic (exact) mass is 387 g/mol. The quantitative estimate of drug-likeness (QED) is 0.818. The predicted octanol–water partition coefficient (Wildman–Crippen LogP) is 3.81. The predicted molar refractivity (Wildman–Crippen MR) is 111 cm³/mol. The normalized spacial score (nSPS) is 14.9. The number of halogens is 1. The molecule has 27 heavy (non-hydrogen) atoms. The largest absolute Gasteiger partial charge is 0.484 e. The Morgan fingerprint density at radius 1 is 1.15 bits per heavy atom. The van der Waals surface area contributed by atoms with Crippen LogP contribution in [0.3, 0.4) is 0 Å². The maximum Gasteiger partial charge on any atom is 0.262 e. The van der Waals surface area contributed by atoms with Crippen LogP contribution in [0, 0.1) is 6.92 Å². The molecule has 144 valence electrons. The van der Waals surface area contributed by atoms with E-state index in [4.69, 9.17) is 16.3 Å². The zero-order chi connectivity index (χ0) is 19.2. The van der Waals surface area contributed by atoms with Crippen molar-refractivity contribution in [1.29, 1.82) is 0 Å². The highest BCUT2D eigenvalue weighted by Gasteiger charge is 2.17. The molecule has 0 aliphatic carbocycles. The molecule has 1 fully saturated rings. The average Bonchev–Trinajstić information content (AvgIpc) is 2.67. The third kappa shape index (κ3) is 5.37. The van der Waals surface area contributed by atoms with Gasteiger partial charge in [-0.2, -0.15) is 0 Å². The summed E-state index contributed by atoms with van der Waals surface area (Å²) in [5.41, 5.74) is 3.18. The number of carbonyl (C=O) groups is 1. The number of aryl methyl sites for hydroxylation is 1. The molecule has 2 aromatic carbocycles. The Bertz CT molecular complexity index is 789. The van der Waals surface area contributed by atoms with Crippen LogP contribution in [0.15, 0.2) is 42.5 Å². The Balaban J connectivity index is 1.55. The Morgan fingerprint density at radius 2 is 1.93 bits per heavy atom. The number of nitrogens with one attached hydrogen (secondary N) is 1. The van der Waals surface area contributed by atoms with Crippen molar-refractivity contribution in [3.8, 4) is 5.75 Å². The molecule has 1 aliphatic rings. The van der Waals surface area contributed by atoms with E-state index in [1.54, 1.807) is 24.3 Å². The van der Waals surface area contributed by atoms with E-state index in [0.29, 0.717) is 10.8 Å². The number of nitrogens with zero attached hydrogens (tertiary/aromatic N) is 2. The second-order valence-corrected chi connectivity index (χ2v) is 7.15. The van der Waals surface area contributed by atoms with Crippen molar-refractivity contribution >= 4 is 28.9 Å². The third-order valence-corrected chi connectivity index (χ3v) is 5.04. The molecule has 1 aliphatic heterocycles. The van der Waals surface area contributed by atoms with Gasteiger partial charge in [0.15, 0.2) is 6.61 Å². The first-order chi connectivity index (χ1) is 13.0. The molecule has 3 rings (SSSR count). The van der Waals surface area contributed by atoms with Crippen LogP contribution in [0.1, 0.15) is 12.5 Å². The highest BCUT2D eigenvalue weighted by atomic mass is 35.5. The van der Waals surface area contributed by atoms with Gasteiger partial charge in [0.1, 0.15) is 5.75 Å². The van der Waals surface area contributed by atoms with Gasteiger partial charge in [-0.25, -0.2) is 0 Å². The van der Waals surface area contributed by atoms with Gasteiger partial charge in [-0.15, -0.1) is 0 Å². The first-order valence-corrected chi connectivity index (χ1v) is 9.69. The molecule has 0 aromatic heterocycles. The highest BCUT2D eigenvalue weighted by Crippen LogP contribution is 2.25. The minimum absolute atomic E-state index is 0.0554. The lowest BCUT2D eigenvalue weighted by Gasteiger charge is -2.36. The molecule has 1 amide bonds. The summed E-state index contributed by atoms with van der Waals surface area (Å²) in [7, 11) is 0. The molecule has 1 saturated heterocycles. The molecule has 0 spiro atoms. The smallest absolute Gasteiger partial charge is 0.262 e. The number of ether oxygens (including phenoxy) is 1. The second-order valence-electron chi connectivity index (χ2n) is 6.72. The van der Waals surface area contributed by atoms with Gasteiger partial charge >= 0.3 is 0 Å². The Labute approximate surface area is 165 Å².